The molecule has 2 aromatic carbocycles. The minimum absolute atomic E-state index is 0.0362. The summed E-state index contributed by atoms with van der Waals surface area (Å²) in [6.45, 7) is 2.05. The van der Waals surface area contributed by atoms with Crippen molar-refractivity contribution < 1.29 is 40.6 Å². The van der Waals surface area contributed by atoms with Crippen molar-refractivity contribution in [2.24, 2.45) is 11.8 Å². The summed E-state index contributed by atoms with van der Waals surface area (Å²) in [5, 5.41) is 0. The van der Waals surface area contributed by atoms with Gasteiger partial charge >= 0.3 is 12.4 Å². The standard InChI is InChI=1S/C23H22F6O3/c1-3-14(19-12-20(19)30)13-32-18-10-6-16(7-11-18)21(22(24,25)26,23(27,28)29)15-4-8-17(31-2)9-5-15/h4-11,14,19H,3,12-13H2,1-2H3. The number of hydrogen-bond acceptors (Lipinski definition) is 3. The highest BCUT2D eigenvalue weighted by Crippen LogP contribution is 2.56. The second-order valence-corrected chi connectivity index (χ2v) is 7.75. The monoisotopic (exact) mass is 460 g/mol. The molecule has 2 unspecified atom stereocenters. The van der Waals surface area contributed by atoms with E-state index in [2.05, 4.69) is 0 Å². The van der Waals surface area contributed by atoms with Crippen molar-refractivity contribution in [2.75, 3.05) is 13.7 Å². The maximum absolute atomic E-state index is 14.1. The van der Waals surface area contributed by atoms with Crippen molar-refractivity contribution in [3.63, 3.8) is 0 Å². The van der Waals surface area contributed by atoms with Gasteiger partial charge in [-0.15, -0.1) is 0 Å². The lowest BCUT2D eigenvalue weighted by Crippen LogP contribution is -2.54. The van der Waals surface area contributed by atoms with Crippen molar-refractivity contribution in [3.05, 3.63) is 59.7 Å². The topological polar surface area (TPSA) is 35.5 Å². The third-order valence-corrected chi connectivity index (χ3v) is 5.89. The molecule has 1 saturated carbocycles. The molecule has 2 atom stereocenters. The molecule has 0 bridgehead atoms. The molecule has 1 fully saturated rings. The molecule has 3 rings (SSSR count). The lowest BCUT2D eigenvalue weighted by atomic mass is 9.73. The van der Waals surface area contributed by atoms with Gasteiger partial charge in [0.1, 0.15) is 17.3 Å². The molecule has 9 heteroatoms. The fourth-order valence-electron chi connectivity index (χ4n) is 3.93. The van der Waals surface area contributed by atoms with E-state index >= 15 is 0 Å². The number of hydrogen-bond donors (Lipinski definition) is 0. The molecule has 0 aromatic heterocycles. The fourth-order valence-corrected chi connectivity index (χ4v) is 3.93. The van der Waals surface area contributed by atoms with Crippen molar-refractivity contribution in [1.82, 2.24) is 0 Å². The Hall–Kier alpha value is -2.71. The van der Waals surface area contributed by atoms with E-state index in [0.717, 1.165) is 48.5 Å². The largest absolute Gasteiger partial charge is 0.497 e. The first-order valence-electron chi connectivity index (χ1n) is 9.99. The molecule has 0 saturated heterocycles. The summed E-state index contributed by atoms with van der Waals surface area (Å²) >= 11 is 0. The SMILES string of the molecule is CCC(COc1ccc(C(c2ccc(OC)cc2)(C(F)(F)F)C(F)(F)F)cc1)C1CC1=O. The number of alkyl halides is 6. The van der Waals surface area contributed by atoms with Crippen LogP contribution in [-0.2, 0) is 10.2 Å². The molecule has 0 heterocycles. The highest BCUT2D eigenvalue weighted by Gasteiger charge is 2.72. The third kappa shape index (κ3) is 4.29. The summed E-state index contributed by atoms with van der Waals surface area (Å²) in [5.74, 6) is 0.280. The van der Waals surface area contributed by atoms with Crippen LogP contribution in [0.1, 0.15) is 30.9 Å². The van der Waals surface area contributed by atoms with Crippen LogP contribution < -0.4 is 9.47 Å². The lowest BCUT2D eigenvalue weighted by molar-refractivity contribution is -0.288. The van der Waals surface area contributed by atoms with Gasteiger partial charge in [0.05, 0.1) is 13.7 Å². The van der Waals surface area contributed by atoms with E-state index in [0.29, 0.717) is 12.8 Å². The average molecular weight is 460 g/mol. The summed E-state index contributed by atoms with van der Waals surface area (Å²) in [6, 6.07) is 7.39. The summed E-state index contributed by atoms with van der Waals surface area (Å²) in [5.41, 5.74) is -6.17. The van der Waals surface area contributed by atoms with Crippen LogP contribution in [0.5, 0.6) is 11.5 Å². The zero-order valence-corrected chi connectivity index (χ0v) is 17.4. The molecular weight excluding hydrogens is 438 g/mol. The lowest BCUT2D eigenvalue weighted by Gasteiger charge is -2.38. The number of Topliss-reactive ketones (excluding diaryl/α,β-unsaturated/α-hetero) is 1. The van der Waals surface area contributed by atoms with E-state index in [9.17, 15) is 31.1 Å². The van der Waals surface area contributed by atoms with Crippen LogP contribution in [0.4, 0.5) is 26.3 Å². The van der Waals surface area contributed by atoms with Crippen LogP contribution in [0.15, 0.2) is 48.5 Å². The van der Waals surface area contributed by atoms with E-state index < -0.39 is 28.9 Å². The Morgan fingerprint density at radius 3 is 1.66 bits per heavy atom. The molecule has 3 nitrogen and oxygen atoms in total. The molecule has 2 aromatic rings. The Balaban J connectivity index is 1.97. The molecule has 1 aliphatic rings. The Morgan fingerprint density at radius 1 is 0.875 bits per heavy atom. The van der Waals surface area contributed by atoms with Crippen molar-refractivity contribution >= 4 is 5.78 Å². The molecule has 1 aliphatic carbocycles. The van der Waals surface area contributed by atoms with E-state index in [4.69, 9.17) is 9.47 Å². The van der Waals surface area contributed by atoms with Gasteiger partial charge in [0.25, 0.3) is 0 Å². The van der Waals surface area contributed by atoms with E-state index in [1.165, 1.54) is 7.11 Å². The van der Waals surface area contributed by atoms with E-state index in [-0.39, 0.29) is 35.7 Å². The minimum Gasteiger partial charge on any atom is -0.497 e. The summed E-state index contributed by atoms with van der Waals surface area (Å²) < 4.78 is 95.3. The quantitative estimate of drug-likeness (QED) is 0.447. The molecular formula is C23H22F6O3. The number of rotatable bonds is 8. The summed E-state index contributed by atoms with van der Waals surface area (Å²) in [4.78, 5) is 11.3. The Kier molecular flexibility index (Phi) is 6.49. The zero-order chi connectivity index (χ0) is 23.7. The molecule has 32 heavy (non-hydrogen) atoms. The van der Waals surface area contributed by atoms with Gasteiger partial charge in [-0.25, -0.2) is 0 Å². The predicted molar refractivity (Wildman–Crippen MR) is 105 cm³/mol. The fraction of sp³-hybridized carbons (Fsp3) is 0.435. The predicted octanol–water partition coefficient (Wildman–Crippen LogP) is 6.10. The number of methoxy groups -OCH3 is 1. The maximum Gasteiger partial charge on any atom is 0.411 e. The van der Waals surface area contributed by atoms with Gasteiger partial charge in [0.2, 0.25) is 5.41 Å². The van der Waals surface area contributed by atoms with E-state index in [1.807, 2.05) is 6.92 Å². The molecule has 0 aliphatic heterocycles. The van der Waals surface area contributed by atoms with E-state index in [1.54, 1.807) is 0 Å². The van der Waals surface area contributed by atoms with Gasteiger partial charge in [-0.3, -0.25) is 4.79 Å². The smallest absolute Gasteiger partial charge is 0.411 e. The Labute approximate surface area is 181 Å². The van der Waals surface area contributed by atoms with Gasteiger partial charge in [0, 0.05) is 18.3 Å². The molecule has 174 valence electrons. The first-order valence-corrected chi connectivity index (χ1v) is 9.99. The van der Waals surface area contributed by atoms with Crippen molar-refractivity contribution in [1.29, 1.82) is 0 Å². The minimum atomic E-state index is -5.66. The number of halogens is 6. The molecule has 0 spiro atoms. The van der Waals surface area contributed by atoms with Gasteiger partial charge < -0.3 is 9.47 Å². The van der Waals surface area contributed by atoms with Gasteiger partial charge in [-0.05, 0) is 41.8 Å². The highest BCUT2D eigenvalue weighted by molar-refractivity contribution is 5.96. The first-order chi connectivity index (χ1) is 15.0. The number of ether oxygens (including phenoxy) is 2. The Bertz CT molecular complexity index is 918. The number of carbonyl (C=O) groups excluding carboxylic acids is 1. The zero-order valence-electron chi connectivity index (χ0n) is 17.4. The number of carbonyl (C=O) groups is 1. The van der Waals surface area contributed by atoms with Crippen molar-refractivity contribution in [2.45, 2.75) is 37.5 Å². The first kappa shape index (κ1) is 23.9. The third-order valence-electron chi connectivity index (χ3n) is 5.89. The summed E-state index contributed by atoms with van der Waals surface area (Å²) in [7, 11) is 1.26. The second-order valence-electron chi connectivity index (χ2n) is 7.75. The number of ketones is 1. The van der Waals surface area contributed by atoms with Gasteiger partial charge in [0.15, 0.2) is 0 Å². The Morgan fingerprint density at radius 2 is 1.31 bits per heavy atom. The van der Waals surface area contributed by atoms with Gasteiger partial charge in [-0.1, -0.05) is 31.2 Å². The van der Waals surface area contributed by atoms with Crippen LogP contribution in [0.3, 0.4) is 0 Å². The maximum atomic E-state index is 14.1. The van der Waals surface area contributed by atoms with Crippen LogP contribution >= 0.6 is 0 Å². The number of benzene rings is 2. The van der Waals surface area contributed by atoms with Crippen LogP contribution in [0.2, 0.25) is 0 Å². The van der Waals surface area contributed by atoms with Crippen LogP contribution in [0, 0.1) is 11.8 Å². The normalized spacial score (nSPS) is 17.8. The molecule has 0 radical (unpaired) electrons. The average Bonchev–Trinajstić information content (AvgIpc) is 3.44. The molecule has 0 amide bonds. The van der Waals surface area contributed by atoms with Crippen molar-refractivity contribution in [3.8, 4) is 11.5 Å². The van der Waals surface area contributed by atoms with Gasteiger partial charge in [-0.2, -0.15) is 26.3 Å². The summed E-state index contributed by atoms with van der Waals surface area (Å²) in [6.07, 6.45) is -10.2. The van der Waals surface area contributed by atoms with Crippen LogP contribution in [-0.4, -0.2) is 31.9 Å². The molecule has 0 N–H and O–H groups in total. The van der Waals surface area contributed by atoms with Crippen LogP contribution in [0.25, 0.3) is 0 Å². The highest BCUT2D eigenvalue weighted by atomic mass is 19.4. The second kappa shape index (κ2) is 8.67.